The highest BCUT2D eigenvalue weighted by molar-refractivity contribution is 6.35. The van der Waals surface area contributed by atoms with Gasteiger partial charge in [-0.3, -0.25) is 9.59 Å². The Labute approximate surface area is 136 Å². The number of carbonyl (C=O) groups is 2. The predicted octanol–water partition coefficient (Wildman–Crippen LogP) is 1.94. The normalized spacial score (nSPS) is 15.3. The van der Waals surface area contributed by atoms with Crippen LogP contribution in [0.15, 0.2) is 29.4 Å². The summed E-state index contributed by atoms with van der Waals surface area (Å²) in [7, 11) is 0. The highest BCUT2D eigenvalue weighted by Crippen LogP contribution is 2.11. The zero-order valence-corrected chi connectivity index (χ0v) is 13.5. The minimum absolute atomic E-state index is 0.504. The Morgan fingerprint density at radius 2 is 1.83 bits per heavy atom. The first-order chi connectivity index (χ1) is 11.2. The number of hydrogen-bond acceptors (Lipinski definition) is 4. The highest BCUT2D eigenvalue weighted by atomic mass is 16.5. The van der Waals surface area contributed by atoms with Crippen molar-refractivity contribution in [3.63, 3.8) is 0 Å². The number of amides is 2. The Kier molecular flexibility index (Phi) is 6.59. The van der Waals surface area contributed by atoms with Crippen molar-refractivity contribution in [2.24, 2.45) is 5.10 Å². The van der Waals surface area contributed by atoms with E-state index in [2.05, 4.69) is 10.5 Å². The van der Waals surface area contributed by atoms with Gasteiger partial charge in [0.25, 0.3) is 0 Å². The summed E-state index contributed by atoms with van der Waals surface area (Å²) in [4.78, 5) is 25.5. The number of ether oxygens (including phenoxy) is 1. The third-order valence-corrected chi connectivity index (χ3v) is 3.66. The van der Waals surface area contributed by atoms with Crippen LogP contribution in [0, 0.1) is 0 Å². The van der Waals surface area contributed by atoms with Gasteiger partial charge in [0.2, 0.25) is 0 Å². The molecule has 2 rings (SSSR count). The fraction of sp³-hybridized carbons (Fsp3) is 0.471. The second-order valence-electron chi connectivity index (χ2n) is 5.41. The Hall–Kier alpha value is -2.37. The molecule has 23 heavy (non-hydrogen) atoms. The maximum atomic E-state index is 12.0. The number of nitrogens with zero attached hydrogens (tertiary/aromatic N) is 2. The Morgan fingerprint density at radius 3 is 2.43 bits per heavy atom. The van der Waals surface area contributed by atoms with Crippen LogP contribution in [-0.4, -0.2) is 42.6 Å². The monoisotopic (exact) mass is 317 g/mol. The second-order valence-corrected chi connectivity index (χ2v) is 5.41. The van der Waals surface area contributed by atoms with Crippen molar-refractivity contribution in [1.82, 2.24) is 10.3 Å². The van der Waals surface area contributed by atoms with Crippen LogP contribution in [0.1, 0.15) is 38.2 Å². The molecule has 1 aromatic rings. The van der Waals surface area contributed by atoms with Gasteiger partial charge in [0.15, 0.2) is 0 Å². The summed E-state index contributed by atoms with van der Waals surface area (Å²) in [5, 5.41) is 3.84. The van der Waals surface area contributed by atoms with Crippen molar-refractivity contribution in [3.8, 4) is 5.75 Å². The molecule has 1 fully saturated rings. The van der Waals surface area contributed by atoms with E-state index in [0.29, 0.717) is 19.7 Å². The lowest BCUT2D eigenvalue weighted by Gasteiger charge is -2.18. The molecule has 1 aromatic carbocycles. The largest absolute Gasteiger partial charge is 0.494 e. The van der Waals surface area contributed by atoms with E-state index < -0.39 is 11.8 Å². The minimum atomic E-state index is -0.686. The van der Waals surface area contributed by atoms with E-state index in [0.717, 1.165) is 37.0 Å². The summed E-state index contributed by atoms with van der Waals surface area (Å²) in [6.45, 7) is 3.83. The lowest BCUT2D eigenvalue weighted by molar-refractivity contribution is -0.145. The summed E-state index contributed by atoms with van der Waals surface area (Å²) in [6.07, 6.45) is 5.63. The Balaban J connectivity index is 1.83. The maximum absolute atomic E-state index is 12.0. The molecule has 1 heterocycles. The van der Waals surface area contributed by atoms with Gasteiger partial charge >= 0.3 is 11.8 Å². The van der Waals surface area contributed by atoms with E-state index in [4.69, 9.17) is 4.74 Å². The van der Waals surface area contributed by atoms with Gasteiger partial charge in [-0.2, -0.15) is 5.10 Å². The predicted molar refractivity (Wildman–Crippen MR) is 88.4 cm³/mol. The number of likely N-dealkylation sites (tertiary alicyclic amines) is 1. The average Bonchev–Trinajstić information content (AvgIpc) is 2.85. The maximum Gasteiger partial charge on any atom is 0.329 e. The standard InChI is InChI=1S/C17H23N3O3/c1-2-23-15-9-7-14(8-10-15)13-18-19-16(21)17(22)20-11-5-3-4-6-12-20/h7-10,13H,2-6,11-12H2,1H3,(H,19,21)/b18-13-. The van der Waals surface area contributed by atoms with Gasteiger partial charge in [-0.15, -0.1) is 0 Å². The summed E-state index contributed by atoms with van der Waals surface area (Å²) in [6, 6.07) is 7.32. The molecule has 6 nitrogen and oxygen atoms in total. The molecule has 0 bridgehead atoms. The van der Waals surface area contributed by atoms with Crippen LogP contribution < -0.4 is 10.2 Å². The molecule has 1 N–H and O–H groups in total. The molecule has 0 radical (unpaired) electrons. The van der Waals surface area contributed by atoms with E-state index in [1.165, 1.54) is 6.21 Å². The molecule has 0 atom stereocenters. The van der Waals surface area contributed by atoms with Crippen molar-refractivity contribution in [1.29, 1.82) is 0 Å². The smallest absolute Gasteiger partial charge is 0.329 e. The highest BCUT2D eigenvalue weighted by Gasteiger charge is 2.21. The fourth-order valence-electron chi connectivity index (χ4n) is 2.45. The van der Waals surface area contributed by atoms with Crippen LogP contribution in [0.4, 0.5) is 0 Å². The van der Waals surface area contributed by atoms with E-state index in [-0.39, 0.29) is 0 Å². The second kappa shape index (κ2) is 8.92. The molecular formula is C17H23N3O3. The average molecular weight is 317 g/mol. The van der Waals surface area contributed by atoms with Crippen molar-refractivity contribution < 1.29 is 14.3 Å². The van der Waals surface area contributed by atoms with Crippen molar-refractivity contribution in [2.45, 2.75) is 32.6 Å². The molecule has 1 aliphatic rings. The third kappa shape index (κ3) is 5.39. The molecule has 124 valence electrons. The van der Waals surface area contributed by atoms with Gasteiger partial charge in [-0.05, 0) is 49.6 Å². The molecule has 0 saturated carbocycles. The topological polar surface area (TPSA) is 71.0 Å². The van der Waals surface area contributed by atoms with Crippen LogP contribution in [0.3, 0.4) is 0 Å². The number of hydrazone groups is 1. The zero-order valence-electron chi connectivity index (χ0n) is 13.5. The molecule has 0 unspecified atom stereocenters. The lowest BCUT2D eigenvalue weighted by atomic mass is 10.2. The van der Waals surface area contributed by atoms with E-state index in [1.807, 2.05) is 31.2 Å². The number of carbonyl (C=O) groups excluding carboxylic acids is 2. The number of rotatable bonds is 4. The first-order valence-corrected chi connectivity index (χ1v) is 8.06. The molecule has 2 amide bonds. The van der Waals surface area contributed by atoms with E-state index in [9.17, 15) is 9.59 Å². The van der Waals surface area contributed by atoms with Crippen molar-refractivity contribution in [2.75, 3.05) is 19.7 Å². The molecule has 1 aliphatic heterocycles. The van der Waals surface area contributed by atoms with Crippen LogP contribution in [0.5, 0.6) is 5.75 Å². The third-order valence-electron chi connectivity index (χ3n) is 3.66. The molecule has 0 aliphatic carbocycles. The van der Waals surface area contributed by atoms with Crippen molar-refractivity contribution >= 4 is 18.0 Å². The Morgan fingerprint density at radius 1 is 1.17 bits per heavy atom. The van der Waals surface area contributed by atoms with Crippen molar-refractivity contribution in [3.05, 3.63) is 29.8 Å². The fourth-order valence-corrected chi connectivity index (χ4v) is 2.45. The van der Waals surface area contributed by atoms with Crippen LogP contribution in [-0.2, 0) is 9.59 Å². The van der Waals surface area contributed by atoms with E-state index >= 15 is 0 Å². The SMILES string of the molecule is CCOc1ccc(/C=N\NC(=O)C(=O)N2CCCCCC2)cc1. The first kappa shape index (κ1) is 17.0. The van der Waals surface area contributed by atoms with Crippen LogP contribution in [0.2, 0.25) is 0 Å². The van der Waals surface area contributed by atoms with E-state index in [1.54, 1.807) is 4.90 Å². The van der Waals surface area contributed by atoms with Crippen LogP contribution in [0.25, 0.3) is 0 Å². The van der Waals surface area contributed by atoms with Gasteiger partial charge in [-0.1, -0.05) is 12.8 Å². The molecule has 0 aromatic heterocycles. The Bertz CT molecular complexity index is 547. The van der Waals surface area contributed by atoms with Gasteiger partial charge in [-0.25, -0.2) is 5.43 Å². The van der Waals surface area contributed by atoms with Gasteiger partial charge in [0, 0.05) is 13.1 Å². The molecule has 6 heteroatoms. The number of benzene rings is 1. The molecule has 1 saturated heterocycles. The summed E-state index contributed by atoms with van der Waals surface area (Å²) < 4.78 is 5.35. The quantitative estimate of drug-likeness (QED) is 0.524. The lowest BCUT2D eigenvalue weighted by Crippen LogP contribution is -2.41. The van der Waals surface area contributed by atoms with Gasteiger partial charge in [0.1, 0.15) is 5.75 Å². The van der Waals surface area contributed by atoms with Gasteiger partial charge < -0.3 is 9.64 Å². The molecule has 0 spiro atoms. The number of nitrogens with one attached hydrogen (secondary N) is 1. The number of hydrogen-bond donors (Lipinski definition) is 1. The zero-order chi connectivity index (χ0) is 16.5. The summed E-state index contributed by atoms with van der Waals surface area (Å²) >= 11 is 0. The van der Waals surface area contributed by atoms with Crippen LogP contribution >= 0.6 is 0 Å². The summed E-state index contributed by atoms with van der Waals surface area (Å²) in [5.74, 6) is -0.408. The first-order valence-electron chi connectivity index (χ1n) is 8.06. The molecular weight excluding hydrogens is 294 g/mol. The minimum Gasteiger partial charge on any atom is -0.494 e. The van der Waals surface area contributed by atoms with Gasteiger partial charge in [0.05, 0.1) is 12.8 Å². The summed E-state index contributed by atoms with van der Waals surface area (Å²) in [5.41, 5.74) is 3.11.